The molecule has 0 bridgehead atoms. The molecule has 0 aliphatic carbocycles. The zero-order valence-corrected chi connectivity index (χ0v) is 24.4. The lowest BCUT2D eigenvalue weighted by Gasteiger charge is -2.44. The Morgan fingerprint density at radius 3 is 2.47 bits per heavy atom. The summed E-state index contributed by atoms with van der Waals surface area (Å²) >= 11 is 0.987. The van der Waals surface area contributed by atoms with E-state index in [9.17, 15) is 27.2 Å². The molecule has 0 N–H and O–H groups in total. The predicted octanol–water partition coefficient (Wildman–Crippen LogP) is 5.07. The topological polar surface area (TPSA) is 76.9 Å². The molecule has 3 heterocycles. The van der Waals surface area contributed by atoms with Gasteiger partial charge in [0, 0.05) is 65.5 Å². The maximum atomic E-state index is 15.2. The van der Waals surface area contributed by atoms with Crippen LogP contribution in [-0.4, -0.2) is 71.3 Å². The van der Waals surface area contributed by atoms with Crippen LogP contribution in [0.2, 0.25) is 0 Å². The molecule has 0 unspecified atom stereocenters. The third-order valence-electron chi connectivity index (χ3n) is 7.57. The summed E-state index contributed by atoms with van der Waals surface area (Å²) in [6.45, 7) is 7.33. The maximum Gasteiger partial charge on any atom is 0.417 e. The Morgan fingerprint density at radius 2 is 1.86 bits per heavy atom. The van der Waals surface area contributed by atoms with Crippen LogP contribution in [0.5, 0.6) is 0 Å². The van der Waals surface area contributed by atoms with Crippen molar-refractivity contribution in [1.82, 2.24) is 14.5 Å². The summed E-state index contributed by atoms with van der Waals surface area (Å²) in [7, 11) is 1.41. The molecule has 1 amide bonds. The molecule has 1 fully saturated rings. The highest BCUT2D eigenvalue weighted by Crippen LogP contribution is 2.49. The first-order valence-electron chi connectivity index (χ1n) is 13.4. The summed E-state index contributed by atoms with van der Waals surface area (Å²) in [5.41, 5.74) is -2.69. The van der Waals surface area contributed by atoms with Crippen LogP contribution in [-0.2, 0) is 27.0 Å². The number of nitrogens with zero attached hydrogens (tertiary/aromatic N) is 4. The van der Waals surface area contributed by atoms with E-state index >= 15 is 4.39 Å². The van der Waals surface area contributed by atoms with E-state index in [2.05, 4.69) is 11.6 Å². The quantitative estimate of drug-likeness (QED) is 0.216. The van der Waals surface area contributed by atoms with Gasteiger partial charge in [-0.25, -0.2) is 13.6 Å². The van der Waals surface area contributed by atoms with Gasteiger partial charge in [-0.1, -0.05) is 6.58 Å². The number of rotatable bonds is 6. The number of halogens is 5. The molecule has 2 aliphatic heterocycles. The SMILES string of the molecule is C=CC(=O)N1[C@H](C)CN(c2nc(=O)n3c4c(c(-c5ccc(F)cc5F)c(C(F)(F)F)cc24)SC[C@H](OCOC)C3)C[C@@H]1C. The number of benzene rings is 2. The van der Waals surface area contributed by atoms with Crippen molar-refractivity contribution >= 4 is 34.4 Å². The molecule has 2 aromatic carbocycles. The molecule has 5 rings (SSSR count). The van der Waals surface area contributed by atoms with Crippen LogP contribution in [0.4, 0.5) is 27.8 Å². The van der Waals surface area contributed by atoms with Crippen LogP contribution in [0.15, 0.2) is 46.6 Å². The predicted molar refractivity (Wildman–Crippen MR) is 152 cm³/mol. The molecule has 3 atom stereocenters. The Balaban J connectivity index is 1.81. The van der Waals surface area contributed by atoms with Crippen molar-refractivity contribution in [2.45, 2.75) is 49.7 Å². The van der Waals surface area contributed by atoms with Gasteiger partial charge in [0.25, 0.3) is 0 Å². The molecule has 43 heavy (non-hydrogen) atoms. The summed E-state index contributed by atoms with van der Waals surface area (Å²) < 4.78 is 85.3. The van der Waals surface area contributed by atoms with Gasteiger partial charge in [0.15, 0.2) is 0 Å². The fourth-order valence-corrected chi connectivity index (χ4v) is 7.14. The Morgan fingerprint density at radius 1 is 1.16 bits per heavy atom. The van der Waals surface area contributed by atoms with Gasteiger partial charge in [-0.2, -0.15) is 18.2 Å². The van der Waals surface area contributed by atoms with Crippen LogP contribution in [0.1, 0.15) is 19.4 Å². The molecule has 3 aromatic rings. The highest BCUT2D eigenvalue weighted by Gasteiger charge is 2.40. The third-order valence-corrected chi connectivity index (χ3v) is 8.80. The summed E-state index contributed by atoms with van der Waals surface area (Å²) in [4.78, 5) is 33.7. The van der Waals surface area contributed by atoms with Gasteiger partial charge in [0.05, 0.1) is 23.7 Å². The molecule has 0 saturated carbocycles. The second-order valence-electron chi connectivity index (χ2n) is 10.5. The van der Waals surface area contributed by atoms with Gasteiger partial charge in [-0.15, -0.1) is 11.8 Å². The molecule has 14 heteroatoms. The van der Waals surface area contributed by atoms with Crippen LogP contribution in [0.3, 0.4) is 0 Å². The normalized spacial score (nSPS) is 20.8. The van der Waals surface area contributed by atoms with E-state index in [1.165, 1.54) is 17.8 Å². The lowest BCUT2D eigenvalue weighted by molar-refractivity contribution is -0.137. The van der Waals surface area contributed by atoms with Crippen LogP contribution < -0.4 is 10.6 Å². The molecular formula is C29H29F5N4O4S. The lowest BCUT2D eigenvalue weighted by atomic mass is 9.95. The van der Waals surface area contributed by atoms with E-state index in [0.29, 0.717) is 6.07 Å². The van der Waals surface area contributed by atoms with Crippen molar-refractivity contribution in [3.05, 3.63) is 64.6 Å². The molecule has 0 spiro atoms. The van der Waals surface area contributed by atoms with Crippen molar-refractivity contribution < 1.29 is 36.2 Å². The smallest absolute Gasteiger partial charge is 0.359 e. The molecule has 230 valence electrons. The van der Waals surface area contributed by atoms with Gasteiger partial charge in [-0.3, -0.25) is 9.36 Å². The second-order valence-corrected chi connectivity index (χ2v) is 11.6. The number of anilines is 1. The van der Waals surface area contributed by atoms with Crippen molar-refractivity contribution in [3.63, 3.8) is 0 Å². The summed E-state index contributed by atoms with van der Waals surface area (Å²) in [6.07, 6.45) is -4.41. The minimum atomic E-state index is -4.95. The summed E-state index contributed by atoms with van der Waals surface area (Å²) in [5, 5.41) is 0.0379. The number of piperazine rings is 1. The fourth-order valence-electron chi connectivity index (χ4n) is 5.86. The maximum absolute atomic E-state index is 15.2. The van der Waals surface area contributed by atoms with E-state index in [0.717, 1.165) is 30.0 Å². The first kappa shape index (κ1) is 31.0. The average Bonchev–Trinajstić information content (AvgIpc) is 3.13. The molecular weight excluding hydrogens is 595 g/mol. The number of hydrogen-bond donors (Lipinski definition) is 0. The number of aromatic nitrogens is 2. The summed E-state index contributed by atoms with van der Waals surface area (Å²) in [6, 6.07) is 2.50. The number of carbonyl (C=O) groups is 1. The lowest BCUT2D eigenvalue weighted by Crippen LogP contribution is -2.58. The number of carbonyl (C=O) groups excluding carboxylic acids is 1. The first-order valence-corrected chi connectivity index (χ1v) is 14.4. The minimum absolute atomic E-state index is 0.00108. The monoisotopic (exact) mass is 624 g/mol. The van der Waals surface area contributed by atoms with Crippen LogP contribution >= 0.6 is 11.8 Å². The molecule has 8 nitrogen and oxygen atoms in total. The van der Waals surface area contributed by atoms with E-state index < -0.39 is 46.3 Å². The van der Waals surface area contributed by atoms with Gasteiger partial charge < -0.3 is 19.3 Å². The van der Waals surface area contributed by atoms with Gasteiger partial charge in [-0.05, 0) is 38.1 Å². The summed E-state index contributed by atoms with van der Waals surface area (Å²) in [5.74, 6) is -2.27. The highest BCUT2D eigenvalue weighted by molar-refractivity contribution is 7.99. The average molecular weight is 625 g/mol. The number of methoxy groups -OCH3 is 1. The number of amides is 1. The van der Waals surface area contributed by atoms with Gasteiger partial charge >= 0.3 is 11.9 Å². The van der Waals surface area contributed by atoms with Gasteiger partial charge in [0.2, 0.25) is 5.91 Å². The number of ether oxygens (including phenoxy) is 2. The van der Waals surface area contributed by atoms with Crippen LogP contribution in [0, 0.1) is 11.6 Å². The van der Waals surface area contributed by atoms with Crippen molar-refractivity contribution in [1.29, 1.82) is 0 Å². The number of thioether (sulfide) groups is 1. The first-order chi connectivity index (χ1) is 20.3. The minimum Gasteiger partial charge on any atom is -0.359 e. The molecule has 1 aromatic heterocycles. The van der Waals surface area contributed by atoms with E-state index in [-0.39, 0.29) is 71.8 Å². The van der Waals surface area contributed by atoms with Crippen molar-refractivity contribution in [3.8, 4) is 11.1 Å². The zero-order valence-electron chi connectivity index (χ0n) is 23.6. The van der Waals surface area contributed by atoms with Crippen LogP contribution in [0.25, 0.3) is 22.0 Å². The van der Waals surface area contributed by atoms with Gasteiger partial charge in [0.1, 0.15) is 24.2 Å². The van der Waals surface area contributed by atoms with E-state index in [4.69, 9.17) is 9.47 Å². The van der Waals surface area contributed by atoms with Crippen molar-refractivity contribution in [2.24, 2.45) is 0 Å². The number of alkyl halides is 3. The van der Waals surface area contributed by atoms with Crippen molar-refractivity contribution in [2.75, 3.05) is 37.6 Å². The standard InChI is InChI=1S/C29H29F5N4O4S/c1-5-23(39)38-15(2)10-36(11-16(38)3)27-20-9-21(29(32,33)34)24(19-7-6-17(30)8-22(19)31)26-25(20)37(28(40)35-27)12-18(13-43-26)42-14-41-4/h5-9,15-16,18H,1,10-14H2,2-4H3/t15-,16+,18-/m1/s1. The zero-order chi connectivity index (χ0) is 31.2. The second kappa shape index (κ2) is 11.9. The number of hydrogen-bond acceptors (Lipinski definition) is 7. The Labute approximate surface area is 248 Å². The largest absolute Gasteiger partial charge is 0.417 e. The van der Waals surface area contributed by atoms with E-state index in [1.807, 2.05) is 0 Å². The molecule has 0 radical (unpaired) electrons. The fraction of sp³-hybridized carbons (Fsp3) is 0.414. The highest BCUT2D eigenvalue weighted by atomic mass is 32.2. The molecule has 1 saturated heterocycles. The molecule has 2 aliphatic rings. The Bertz CT molecular complexity index is 1630. The Kier molecular flexibility index (Phi) is 8.56. The van der Waals surface area contributed by atoms with E-state index in [1.54, 1.807) is 23.6 Å². The third kappa shape index (κ3) is 5.75. The Hall–Kier alpha value is -3.49.